The van der Waals surface area contributed by atoms with Crippen LogP contribution in [0.5, 0.6) is 0 Å². The topological polar surface area (TPSA) is 91.6 Å². The van der Waals surface area contributed by atoms with Gasteiger partial charge in [-0.15, -0.1) is 10.2 Å². The number of nitrogens with zero attached hydrogens (tertiary/aromatic N) is 5. The Bertz CT molecular complexity index is 884. The van der Waals surface area contributed by atoms with E-state index in [1.807, 2.05) is 23.6 Å². The van der Waals surface area contributed by atoms with Crippen molar-refractivity contribution < 1.29 is 13.5 Å². The van der Waals surface area contributed by atoms with Gasteiger partial charge < -0.3 is 14.6 Å². The van der Waals surface area contributed by atoms with E-state index < -0.39 is 10.0 Å². The highest BCUT2D eigenvalue weighted by atomic mass is 32.2. The SMILES string of the molecule is Cc1ccc(S(=O)(=O)N2C[C@@H]3CN(CCn4cnnc4)C[C@]3(CO)C2)cc1. The third-order valence-electron chi connectivity index (χ3n) is 5.91. The monoisotopic (exact) mass is 391 g/mol. The molecule has 2 aliphatic heterocycles. The Morgan fingerprint density at radius 3 is 2.44 bits per heavy atom. The van der Waals surface area contributed by atoms with Gasteiger partial charge in [0.2, 0.25) is 10.0 Å². The van der Waals surface area contributed by atoms with E-state index in [2.05, 4.69) is 15.1 Å². The average molecular weight is 391 g/mol. The average Bonchev–Trinajstić information content (AvgIpc) is 3.35. The maximum atomic E-state index is 13.0. The molecule has 8 nitrogen and oxygen atoms in total. The fraction of sp³-hybridized carbons (Fsp3) is 0.556. The van der Waals surface area contributed by atoms with Crippen LogP contribution >= 0.6 is 0 Å². The fourth-order valence-corrected chi connectivity index (χ4v) is 5.85. The molecule has 0 aliphatic carbocycles. The molecule has 1 aromatic carbocycles. The van der Waals surface area contributed by atoms with Crippen molar-refractivity contribution in [3.8, 4) is 0 Å². The van der Waals surface area contributed by atoms with Crippen molar-refractivity contribution in [3.63, 3.8) is 0 Å². The van der Waals surface area contributed by atoms with Gasteiger partial charge >= 0.3 is 0 Å². The summed E-state index contributed by atoms with van der Waals surface area (Å²) >= 11 is 0. The molecule has 0 radical (unpaired) electrons. The molecule has 0 bridgehead atoms. The minimum Gasteiger partial charge on any atom is -0.396 e. The van der Waals surface area contributed by atoms with Crippen molar-refractivity contribution in [2.45, 2.75) is 18.4 Å². The Kier molecular flexibility index (Phi) is 4.79. The normalized spacial score (nSPS) is 26.5. The molecule has 0 spiro atoms. The number of rotatable bonds is 6. The summed E-state index contributed by atoms with van der Waals surface area (Å²) in [6.45, 7) is 5.88. The lowest BCUT2D eigenvalue weighted by Gasteiger charge is -2.27. The minimum absolute atomic E-state index is 0.000710. The fourth-order valence-electron chi connectivity index (χ4n) is 4.27. The number of aryl methyl sites for hydroxylation is 1. The van der Waals surface area contributed by atoms with Crippen molar-refractivity contribution in [1.29, 1.82) is 0 Å². The summed E-state index contributed by atoms with van der Waals surface area (Å²) in [6.07, 6.45) is 3.38. The molecule has 2 aliphatic rings. The first kappa shape index (κ1) is 18.5. The van der Waals surface area contributed by atoms with Crippen LogP contribution < -0.4 is 0 Å². The second kappa shape index (κ2) is 6.97. The van der Waals surface area contributed by atoms with Gasteiger partial charge in [-0.25, -0.2) is 8.42 Å². The van der Waals surface area contributed by atoms with Crippen LogP contribution in [0.2, 0.25) is 0 Å². The van der Waals surface area contributed by atoms with E-state index in [0.29, 0.717) is 24.5 Å². The van der Waals surface area contributed by atoms with Crippen molar-refractivity contribution in [2.24, 2.45) is 11.3 Å². The standard InChI is InChI=1S/C18H25N5O3S/c1-15-2-4-17(5-3-15)27(25,26)23-9-16-8-21(10-18(16,11-23)12-24)6-7-22-13-19-20-14-22/h2-5,13-14,16,24H,6-12H2,1H3/t16-,18+/m0/s1. The zero-order valence-electron chi connectivity index (χ0n) is 15.4. The molecular weight excluding hydrogens is 366 g/mol. The van der Waals surface area contributed by atoms with Gasteiger partial charge in [-0.3, -0.25) is 0 Å². The highest BCUT2D eigenvalue weighted by molar-refractivity contribution is 7.89. The molecule has 4 rings (SSSR count). The Morgan fingerprint density at radius 2 is 1.81 bits per heavy atom. The third kappa shape index (κ3) is 3.40. The predicted molar refractivity (Wildman–Crippen MR) is 99.4 cm³/mol. The summed E-state index contributed by atoms with van der Waals surface area (Å²) in [4.78, 5) is 2.63. The van der Waals surface area contributed by atoms with E-state index in [4.69, 9.17) is 0 Å². The predicted octanol–water partition coefficient (Wildman–Crippen LogP) is 0.202. The van der Waals surface area contributed by atoms with Gasteiger partial charge in [-0.05, 0) is 25.0 Å². The molecule has 0 saturated carbocycles. The molecule has 146 valence electrons. The largest absolute Gasteiger partial charge is 0.396 e. The molecule has 27 heavy (non-hydrogen) atoms. The van der Waals surface area contributed by atoms with E-state index in [-0.39, 0.29) is 17.9 Å². The number of hydrogen-bond donors (Lipinski definition) is 1. The zero-order chi connectivity index (χ0) is 19.1. The quantitative estimate of drug-likeness (QED) is 0.757. The lowest BCUT2D eigenvalue weighted by atomic mass is 9.82. The van der Waals surface area contributed by atoms with E-state index in [9.17, 15) is 13.5 Å². The second-order valence-corrected chi connectivity index (χ2v) is 9.70. The maximum Gasteiger partial charge on any atom is 0.243 e. The molecular formula is C18H25N5O3S. The van der Waals surface area contributed by atoms with Gasteiger partial charge in [0.15, 0.2) is 0 Å². The Balaban J connectivity index is 1.45. The number of aromatic nitrogens is 3. The van der Waals surface area contributed by atoms with Crippen LogP contribution in [0.4, 0.5) is 0 Å². The first-order valence-electron chi connectivity index (χ1n) is 9.15. The van der Waals surface area contributed by atoms with Crippen LogP contribution in [-0.4, -0.2) is 76.8 Å². The lowest BCUT2D eigenvalue weighted by molar-refractivity contribution is 0.119. The summed E-state index contributed by atoms with van der Waals surface area (Å²) in [5.41, 5.74) is 0.646. The molecule has 0 amide bonds. The van der Waals surface area contributed by atoms with E-state index >= 15 is 0 Å². The third-order valence-corrected chi connectivity index (χ3v) is 7.74. The smallest absolute Gasteiger partial charge is 0.243 e. The van der Waals surface area contributed by atoms with Crippen molar-refractivity contribution >= 4 is 10.0 Å². The number of sulfonamides is 1. The van der Waals surface area contributed by atoms with Gasteiger partial charge in [0, 0.05) is 44.7 Å². The zero-order valence-corrected chi connectivity index (χ0v) is 16.2. The van der Waals surface area contributed by atoms with Crippen LogP contribution in [0.15, 0.2) is 41.8 Å². The molecule has 3 heterocycles. The molecule has 2 atom stereocenters. The summed E-state index contributed by atoms with van der Waals surface area (Å²) < 4.78 is 29.5. The first-order chi connectivity index (χ1) is 12.9. The lowest BCUT2D eigenvalue weighted by Crippen LogP contribution is -2.39. The van der Waals surface area contributed by atoms with Gasteiger partial charge in [-0.2, -0.15) is 4.31 Å². The number of fused-ring (bicyclic) bond motifs is 1. The molecule has 1 N–H and O–H groups in total. The van der Waals surface area contributed by atoms with Gasteiger partial charge in [0.1, 0.15) is 12.7 Å². The maximum absolute atomic E-state index is 13.0. The van der Waals surface area contributed by atoms with Crippen molar-refractivity contribution in [3.05, 3.63) is 42.5 Å². The number of aliphatic hydroxyl groups excluding tert-OH is 1. The molecule has 9 heteroatoms. The highest BCUT2D eigenvalue weighted by Crippen LogP contribution is 2.43. The van der Waals surface area contributed by atoms with Crippen LogP contribution in [0, 0.1) is 18.3 Å². The first-order valence-corrected chi connectivity index (χ1v) is 10.6. The second-order valence-electron chi connectivity index (χ2n) is 7.76. The molecule has 1 aromatic heterocycles. The summed E-state index contributed by atoms with van der Waals surface area (Å²) in [5.74, 6) is 0.142. The van der Waals surface area contributed by atoms with E-state index in [1.165, 1.54) is 0 Å². The van der Waals surface area contributed by atoms with Crippen molar-refractivity contribution in [1.82, 2.24) is 24.0 Å². The minimum atomic E-state index is -3.53. The van der Waals surface area contributed by atoms with Gasteiger partial charge in [0.25, 0.3) is 0 Å². The van der Waals surface area contributed by atoms with Gasteiger partial charge in [0.05, 0.1) is 11.5 Å². The van der Waals surface area contributed by atoms with E-state index in [0.717, 1.165) is 25.2 Å². The van der Waals surface area contributed by atoms with Crippen molar-refractivity contribution in [2.75, 3.05) is 39.3 Å². The molecule has 0 unspecified atom stereocenters. The molecule has 2 saturated heterocycles. The number of hydrogen-bond acceptors (Lipinski definition) is 6. The summed E-state index contributed by atoms with van der Waals surface area (Å²) in [5, 5.41) is 17.7. The van der Waals surface area contributed by atoms with E-state index in [1.54, 1.807) is 29.1 Å². The van der Waals surface area contributed by atoms with Crippen LogP contribution in [-0.2, 0) is 16.6 Å². The number of benzene rings is 1. The van der Waals surface area contributed by atoms with Crippen LogP contribution in [0.3, 0.4) is 0 Å². The molecule has 2 aromatic rings. The number of likely N-dealkylation sites (tertiary alicyclic amines) is 1. The Hall–Kier alpha value is -1.81. The van der Waals surface area contributed by atoms with Crippen LogP contribution in [0.25, 0.3) is 0 Å². The Morgan fingerprint density at radius 1 is 1.11 bits per heavy atom. The van der Waals surface area contributed by atoms with Crippen LogP contribution in [0.1, 0.15) is 5.56 Å². The summed E-state index contributed by atoms with van der Waals surface area (Å²) in [7, 11) is -3.53. The highest BCUT2D eigenvalue weighted by Gasteiger charge is 2.54. The Labute approximate surface area is 159 Å². The summed E-state index contributed by atoms with van der Waals surface area (Å²) in [6, 6.07) is 6.96. The molecule has 2 fully saturated rings. The van der Waals surface area contributed by atoms with Gasteiger partial charge in [-0.1, -0.05) is 17.7 Å². The number of aliphatic hydroxyl groups is 1.